The van der Waals surface area contributed by atoms with Crippen LogP contribution in [-0.2, 0) is 0 Å². The Morgan fingerprint density at radius 2 is 1.74 bits per heavy atom. The topological polar surface area (TPSA) is 25.4 Å². The molecule has 27 heavy (non-hydrogen) atoms. The van der Waals surface area contributed by atoms with Crippen molar-refractivity contribution in [3.63, 3.8) is 0 Å². The minimum Gasteiger partial charge on any atom is -0.458 e. The van der Waals surface area contributed by atoms with Crippen molar-refractivity contribution < 1.29 is 4.74 Å². The fourth-order valence-corrected chi connectivity index (χ4v) is 4.15. The molecule has 1 aromatic heterocycles. The minimum atomic E-state index is 0.102. The predicted octanol–water partition coefficient (Wildman–Crippen LogP) is 3.56. The highest BCUT2D eigenvalue weighted by Gasteiger charge is 2.40. The largest absolute Gasteiger partial charge is 0.458 e. The first-order valence-electron chi connectivity index (χ1n) is 9.09. The quantitative estimate of drug-likeness (QED) is 0.630. The van der Waals surface area contributed by atoms with E-state index in [-0.39, 0.29) is 6.85 Å². The maximum atomic E-state index is 6.21. The van der Waals surface area contributed by atoms with E-state index in [1.54, 1.807) is 0 Å². The van der Waals surface area contributed by atoms with Crippen molar-refractivity contribution in [2.24, 2.45) is 0 Å². The molecule has 0 radical (unpaired) electrons. The first kappa shape index (κ1) is 14.6. The van der Waals surface area contributed by atoms with Crippen LogP contribution in [0.3, 0.4) is 0 Å². The van der Waals surface area contributed by atoms with Gasteiger partial charge in [0.2, 0.25) is 0 Å². The third-order valence-corrected chi connectivity index (χ3v) is 5.36. The summed E-state index contributed by atoms with van der Waals surface area (Å²) in [7, 11) is 0. The molecule has 3 aliphatic rings. The lowest BCUT2D eigenvalue weighted by Gasteiger charge is -2.39. The molecule has 0 N–H and O–H groups in total. The average molecular weight is 346 g/mol. The molecule has 4 heterocycles. The van der Waals surface area contributed by atoms with Crippen molar-refractivity contribution in [3.8, 4) is 11.5 Å². The van der Waals surface area contributed by atoms with Gasteiger partial charge in [-0.1, -0.05) is 36.4 Å². The van der Waals surface area contributed by atoms with Crippen LogP contribution >= 0.6 is 0 Å². The zero-order valence-corrected chi connectivity index (χ0v) is 14.5. The summed E-state index contributed by atoms with van der Waals surface area (Å²) in [6.45, 7) is 0.102. The molecule has 0 aliphatic carbocycles. The van der Waals surface area contributed by atoms with Gasteiger partial charge in [0.1, 0.15) is 11.5 Å². The summed E-state index contributed by atoms with van der Waals surface area (Å²) < 4.78 is 6.21. The number of benzene rings is 2. The van der Waals surface area contributed by atoms with Crippen molar-refractivity contribution in [3.05, 3.63) is 102 Å². The normalized spacial score (nSPS) is 15.9. The van der Waals surface area contributed by atoms with Gasteiger partial charge in [0.15, 0.2) is 0 Å². The third kappa shape index (κ3) is 2.13. The Bertz CT molecular complexity index is 1160. The number of aromatic nitrogens is 1. The zero-order valence-electron chi connectivity index (χ0n) is 14.5. The lowest BCUT2D eigenvalue weighted by molar-refractivity contribution is 0.484. The van der Waals surface area contributed by atoms with Crippen LogP contribution in [0.5, 0.6) is 11.5 Å². The first-order chi connectivity index (χ1) is 13.4. The highest BCUT2D eigenvalue weighted by molar-refractivity contribution is 6.86. The summed E-state index contributed by atoms with van der Waals surface area (Å²) in [4.78, 5) is 6.87. The highest BCUT2D eigenvalue weighted by Crippen LogP contribution is 2.34. The summed E-state index contributed by atoms with van der Waals surface area (Å²) in [6, 6.07) is 20.6. The number of rotatable bonds is 1. The Morgan fingerprint density at radius 3 is 2.67 bits per heavy atom. The van der Waals surface area contributed by atoms with Crippen molar-refractivity contribution >= 4 is 29.4 Å². The van der Waals surface area contributed by atoms with Crippen LogP contribution in [0.1, 0.15) is 11.3 Å². The molecule has 2 aromatic carbocycles. The number of pyridine rings is 1. The molecular formula is C23H15BN2O. The van der Waals surface area contributed by atoms with Crippen LogP contribution in [0, 0.1) is 0 Å². The molecule has 3 aliphatic heterocycles. The molecule has 0 saturated heterocycles. The van der Waals surface area contributed by atoms with E-state index >= 15 is 0 Å². The first-order valence-corrected chi connectivity index (χ1v) is 9.09. The summed E-state index contributed by atoms with van der Waals surface area (Å²) in [5.74, 6) is 1.87. The van der Waals surface area contributed by atoms with Gasteiger partial charge in [-0.25, -0.2) is 0 Å². The van der Waals surface area contributed by atoms with E-state index in [0.717, 1.165) is 22.8 Å². The maximum absolute atomic E-state index is 6.21. The van der Waals surface area contributed by atoms with Gasteiger partial charge in [0.25, 0.3) is 0 Å². The Kier molecular flexibility index (Phi) is 2.97. The average Bonchev–Trinajstić information content (AvgIpc) is 2.74. The molecule has 3 aromatic rings. The van der Waals surface area contributed by atoms with Crippen LogP contribution in [0.4, 0.5) is 0 Å². The summed E-state index contributed by atoms with van der Waals surface area (Å²) in [5, 5.41) is 0. The molecule has 126 valence electrons. The van der Waals surface area contributed by atoms with Crippen LogP contribution in [0.25, 0.3) is 11.6 Å². The molecule has 0 atom stereocenters. The van der Waals surface area contributed by atoms with Gasteiger partial charge in [-0.2, -0.15) is 0 Å². The Hall–Kier alpha value is -3.53. The summed E-state index contributed by atoms with van der Waals surface area (Å²) >= 11 is 0. The second-order valence-corrected chi connectivity index (χ2v) is 6.91. The molecule has 4 heteroatoms. The Labute approximate surface area is 158 Å². The molecular weight excluding hydrogens is 331 g/mol. The maximum Gasteiger partial charge on any atom is 0.335 e. The monoisotopic (exact) mass is 346 g/mol. The number of fused-ring (bicyclic) bond motifs is 4. The molecule has 6 rings (SSSR count). The summed E-state index contributed by atoms with van der Waals surface area (Å²) in [6.07, 6.45) is 10.6. The van der Waals surface area contributed by atoms with Crippen LogP contribution < -0.4 is 15.7 Å². The number of para-hydroxylation sites is 1. The molecule has 0 bridgehead atoms. The highest BCUT2D eigenvalue weighted by atomic mass is 16.5. The lowest BCUT2D eigenvalue weighted by atomic mass is 9.45. The minimum absolute atomic E-state index is 0.102. The smallest absolute Gasteiger partial charge is 0.335 e. The van der Waals surface area contributed by atoms with E-state index in [1.807, 2.05) is 36.5 Å². The van der Waals surface area contributed by atoms with Gasteiger partial charge in [-0.15, -0.1) is 0 Å². The van der Waals surface area contributed by atoms with Gasteiger partial charge < -0.3 is 9.55 Å². The molecule has 3 nitrogen and oxygen atoms in total. The molecule has 0 saturated carbocycles. The third-order valence-electron chi connectivity index (χ3n) is 5.36. The number of hydrogen-bond donors (Lipinski definition) is 0. The molecule has 0 amide bonds. The van der Waals surface area contributed by atoms with Crippen LogP contribution in [0.15, 0.2) is 90.9 Å². The zero-order chi connectivity index (χ0) is 17.8. The Morgan fingerprint density at radius 1 is 0.852 bits per heavy atom. The van der Waals surface area contributed by atoms with E-state index in [2.05, 4.69) is 64.6 Å². The van der Waals surface area contributed by atoms with Crippen molar-refractivity contribution in [2.45, 2.75) is 0 Å². The van der Waals surface area contributed by atoms with Gasteiger partial charge in [0, 0.05) is 23.7 Å². The van der Waals surface area contributed by atoms with E-state index in [4.69, 9.17) is 4.74 Å². The second kappa shape index (κ2) is 5.48. The molecule has 0 fully saturated rings. The fourth-order valence-electron chi connectivity index (χ4n) is 4.15. The number of hydrogen-bond acceptors (Lipinski definition) is 3. The van der Waals surface area contributed by atoms with Gasteiger partial charge in [-0.05, 0) is 59.0 Å². The van der Waals surface area contributed by atoms with Crippen molar-refractivity contribution in [2.75, 3.05) is 0 Å². The van der Waals surface area contributed by atoms with Gasteiger partial charge in [-0.3, -0.25) is 4.98 Å². The number of ether oxygens (including phenoxy) is 1. The van der Waals surface area contributed by atoms with Gasteiger partial charge >= 0.3 is 6.85 Å². The second-order valence-electron chi connectivity index (χ2n) is 6.91. The lowest BCUT2D eigenvalue weighted by Crippen LogP contribution is -2.59. The Balaban J connectivity index is 1.58. The van der Waals surface area contributed by atoms with E-state index in [0.29, 0.717) is 0 Å². The van der Waals surface area contributed by atoms with E-state index in [9.17, 15) is 0 Å². The predicted molar refractivity (Wildman–Crippen MR) is 109 cm³/mol. The molecule has 0 spiro atoms. The fraction of sp³-hybridized carbons (Fsp3) is 0. The van der Waals surface area contributed by atoms with Crippen molar-refractivity contribution in [1.82, 2.24) is 9.79 Å². The molecule has 0 unspecified atom stereocenters. The van der Waals surface area contributed by atoms with E-state index in [1.165, 1.54) is 22.2 Å². The SMILES string of the molecule is C1=CC2=Cc3cccc4c3B(c3ccccc3O4)N2C=C1c1ccccn1. The number of allylic oxidation sites excluding steroid dienone is 3. The van der Waals surface area contributed by atoms with Gasteiger partial charge in [0.05, 0.1) is 5.69 Å². The standard InChI is InChI=1S/C23H15BN2O/c1-2-9-21-19(7-1)24-23-16(6-5-10-22(23)27-21)14-18-12-11-17(15-26(18)24)20-8-3-4-13-25-20/h1-15H. The van der Waals surface area contributed by atoms with Crippen molar-refractivity contribution in [1.29, 1.82) is 0 Å². The number of nitrogens with zero attached hydrogens (tertiary/aromatic N) is 2. The summed E-state index contributed by atoms with van der Waals surface area (Å²) in [5.41, 5.74) is 6.91. The van der Waals surface area contributed by atoms with Crippen LogP contribution in [0.2, 0.25) is 0 Å². The van der Waals surface area contributed by atoms with Crippen LogP contribution in [-0.4, -0.2) is 16.6 Å². The van der Waals surface area contributed by atoms with E-state index < -0.39 is 0 Å².